The van der Waals surface area contributed by atoms with Crippen molar-refractivity contribution in [2.75, 3.05) is 6.61 Å². The molecule has 1 aliphatic rings. The monoisotopic (exact) mass is 455 g/mol. The summed E-state index contributed by atoms with van der Waals surface area (Å²) in [7, 11) is 0. The molecule has 5 atom stereocenters. The minimum Gasteiger partial charge on any atom is -0.394 e. The molecule has 1 aromatic heterocycles. The molecular weight excluding hydrogens is 429 g/mol. The average Bonchev–Trinajstić information content (AvgIpc) is 2.92. The molecule has 2 heterocycles. The number of nitrogens with zero attached hydrogens (tertiary/aromatic N) is 2. The number of aromatic amines is 1. The number of alkyl halides is 1. The smallest absolute Gasteiger partial charge is 0.332 e. The number of H-pyrrole nitrogens is 1. The third kappa shape index (κ3) is 4.01. The Bertz CT molecular complexity index is 1090. The zero-order valence-corrected chi connectivity index (χ0v) is 17.5. The Hall–Kier alpha value is -2.45. The highest BCUT2D eigenvalue weighted by Crippen LogP contribution is 2.43. The van der Waals surface area contributed by atoms with E-state index in [4.69, 9.17) is 4.74 Å². The fraction of sp³-hybridized carbons (Fsp3) is 0.500. The molecule has 12 heteroatoms. The molecule has 176 valence electrons. The molecule has 0 spiro atoms. The lowest BCUT2D eigenvalue weighted by molar-refractivity contribution is -0.413. The number of nitrogens with one attached hydrogen (secondary N) is 1. The Kier molecular flexibility index (Phi) is 6.67. The summed E-state index contributed by atoms with van der Waals surface area (Å²) in [5, 5.41) is 53.7. The molecule has 0 aliphatic carbocycles. The number of aromatic nitrogens is 2. The zero-order valence-electron chi connectivity index (χ0n) is 17.5. The third-order valence-electron chi connectivity index (χ3n) is 5.39. The maximum Gasteiger partial charge on any atom is 0.332 e. The predicted octanol–water partition coefficient (Wildman–Crippen LogP) is -1.32. The van der Waals surface area contributed by atoms with Gasteiger partial charge < -0.3 is 30.4 Å². The fourth-order valence-corrected chi connectivity index (χ4v) is 3.79. The minimum absolute atomic E-state index is 0.178. The topological polar surface area (TPSA) is 168 Å². The molecule has 6 N–H and O–H groups in total. The molecule has 1 unspecified atom stereocenters. The van der Waals surface area contributed by atoms with Crippen molar-refractivity contribution in [3.05, 3.63) is 68.0 Å². The maximum atomic E-state index is 13.5. The number of benzene rings is 1. The number of rotatable bonds is 7. The van der Waals surface area contributed by atoms with Crippen LogP contribution in [0.3, 0.4) is 0 Å². The minimum atomic E-state index is -3.17. The summed E-state index contributed by atoms with van der Waals surface area (Å²) in [5.41, 5.74) is -4.21. The van der Waals surface area contributed by atoms with Crippen LogP contribution in [-0.2, 0) is 23.6 Å². The molecule has 3 rings (SSSR count). The van der Waals surface area contributed by atoms with Crippen LogP contribution < -0.4 is 11.2 Å². The van der Waals surface area contributed by atoms with Gasteiger partial charge in [0, 0.05) is 18.2 Å². The van der Waals surface area contributed by atoms with E-state index >= 15 is 0 Å². The van der Waals surface area contributed by atoms with Gasteiger partial charge in [-0.05, 0) is 19.4 Å². The van der Waals surface area contributed by atoms with Crippen molar-refractivity contribution in [3.8, 4) is 0 Å². The van der Waals surface area contributed by atoms with E-state index in [1.165, 1.54) is 6.92 Å². The van der Waals surface area contributed by atoms with Crippen molar-refractivity contribution >= 4 is 0 Å². The van der Waals surface area contributed by atoms with Gasteiger partial charge in [-0.3, -0.25) is 9.78 Å². The molecule has 11 nitrogen and oxygen atoms in total. The van der Waals surface area contributed by atoms with Crippen LogP contribution in [0.15, 0.2) is 40.1 Å². The lowest BCUT2D eigenvalue weighted by Gasteiger charge is -2.42. The van der Waals surface area contributed by atoms with Crippen molar-refractivity contribution in [3.63, 3.8) is 0 Å². The number of halogens is 1. The second kappa shape index (κ2) is 8.83. The molecule has 0 amide bonds. The van der Waals surface area contributed by atoms with Crippen molar-refractivity contribution in [2.24, 2.45) is 0 Å². The van der Waals surface area contributed by atoms with Crippen molar-refractivity contribution < 1.29 is 34.8 Å². The lowest BCUT2D eigenvalue weighted by atomic mass is 9.99. The Morgan fingerprint density at radius 1 is 1.34 bits per heavy atom. The summed E-state index contributed by atoms with van der Waals surface area (Å²) >= 11 is 0. The average molecular weight is 455 g/mol. The molecule has 1 fully saturated rings. The number of hydrogen-bond donors (Lipinski definition) is 6. The molecule has 1 saturated heterocycles. The second-order valence-electron chi connectivity index (χ2n) is 7.93. The van der Waals surface area contributed by atoms with Crippen LogP contribution in [0.2, 0.25) is 0 Å². The van der Waals surface area contributed by atoms with E-state index in [0.29, 0.717) is 10.1 Å². The summed E-state index contributed by atoms with van der Waals surface area (Å²) < 4.78 is 19.1. The van der Waals surface area contributed by atoms with Crippen molar-refractivity contribution in [2.45, 2.75) is 56.8 Å². The number of aryl methyl sites for hydroxylation is 1. The molecule has 2 aromatic rings. The molecule has 0 bridgehead atoms. The molecule has 1 aromatic carbocycles. The highest BCUT2D eigenvalue weighted by Gasteiger charge is 2.70. The van der Waals surface area contributed by atoms with E-state index in [0.717, 1.165) is 11.8 Å². The number of hydrogen-bond acceptors (Lipinski definition) is 9. The zero-order chi connectivity index (χ0) is 23.8. The summed E-state index contributed by atoms with van der Waals surface area (Å²) in [6, 6.07) is 6.75. The molecular formula is C20H26FN3O8. The quantitative estimate of drug-likeness (QED) is 0.219. The molecule has 0 saturated carbocycles. The third-order valence-corrected chi connectivity index (χ3v) is 5.39. The lowest BCUT2D eigenvalue weighted by Crippen LogP contribution is -2.68. The number of aliphatic hydroxyl groups is 4. The Morgan fingerprint density at radius 2 is 2.03 bits per heavy atom. The number of ether oxygens (including phenoxy) is 1. The van der Waals surface area contributed by atoms with Crippen LogP contribution in [0.4, 0.5) is 4.39 Å². The standard InChI is InChI=1S/C20H26FN3O8/c1-11-4-3-5-13(6-11)8-24(31)19(29)16(26)15(10-25)32-20(19,30)23-9-14(7-12(2)21)17(27)22-18(23)28/h3-6,9,12,15-16,25-26,29-31H,7-8,10H2,1-2H3,(H,22,27,28)/t12?,15-,16-,19-,20-/m1/s1. The van der Waals surface area contributed by atoms with Crippen molar-refractivity contribution in [1.82, 2.24) is 14.6 Å². The molecule has 32 heavy (non-hydrogen) atoms. The van der Waals surface area contributed by atoms with Gasteiger partial charge in [-0.15, -0.1) is 5.06 Å². The summed E-state index contributed by atoms with van der Waals surface area (Å²) in [6.07, 6.45) is -4.86. The largest absolute Gasteiger partial charge is 0.394 e. The van der Waals surface area contributed by atoms with Crippen LogP contribution >= 0.6 is 0 Å². The maximum absolute atomic E-state index is 13.5. The van der Waals surface area contributed by atoms with Crippen LogP contribution in [0, 0.1) is 6.92 Å². The highest BCUT2D eigenvalue weighted by molar-refractivity contribution is 5.22. The second-order valence-corrected chi connectivity index (χ2v) is 7.93. The molecule has 0 radical (unpaired) electrons. The van der Waals surface area contributed by atoms with Gasteiger partial charge in [0.1, 0.15) is 18.4 Å². The van der Waals surface area contributed by atoms with E-state index in [2.05, 4.69) is 0 Å². The van der Waals surface area contributed by atoms with Crippen LogP contribution in [0.5, 0.6) is 0 Å². The van der Waals surface area contributed by atoms with Gasteiger partial charge in [0.15, 0.2) is 0 Å². The Balaban J connectivity index is 2.13. The van der Waals surface area contributed by atoms with E-state index in [9.17, 15) is 39.6 Å². The number of aliphatic hydroxyl groups excluding tert-OH is 2. The Labute approximate surface area is 181 Å². The first-order valence-corrected chi connectivity index (χ1v) is 9.87. The van der Waals surface area contributed by atoms with Gasteiger partial charge in [-0.1, -0.05) is 29.8 Å². The summed E-state index contributed by atoms with van der Waals surface area (Å²) in [5.74, 6) is -3.17. The Morgan fingerprint density at radius 3 is 2.62 bits per heavy atom. The van der Waals surface area contributed by atoms with Gasteiger partial charge in [0.2, 0.25) is 5.72 Å². The summed E-state index contributed by atoms with van der Waals surface area (Å²) in [6.45, 7) is 1.65. The first-order chi connectivity index (χ1) is 14.9. The van der Waals surface area contributed by atoms with Crippen molar-refractivity contribution in [1.29, 1.82) is 0 Å². The first-order valence-electron chi connectivity index (χ1n) is 9.87. The van der Waals surface area contributed by atoms with Gasteiger partial charge >= 0.3 is 11.6 Å². The van der Waals surface area contributed by atoms with E-state index in [1.54, 1.807) is 31.2 Å². The summed E-state index contributed by atoms with van der Waals surface area (Å²) in [4.78, 5) is 26.4. The van der Waals surface area contributed by atoms with E-state index < -0.39 is 60.8 Å². The van der Waals surface area contributed by atoms with Crippen LogP contribution in [0.1, 0.15) is 23.6 Å². The van der Waals surface area contributed by atoms with E-state index in [-0.39, 0.29) is 10.6 Å². The number of hydroxylamine groups is 2. The van der Waals surface area contributed by atoms with Gasteiger partial charge in [-0.25, -0.2) is 13.8 Å². The highest BCUT2D eigenvalue weighted by atomic mass is 19.1. The fourth-order valence-electron chi connectivity index (χ4n) is 3.79. The van der Waals surface area contributed by atoms with Crippen LogP contribution in [-0.4, -0.2) is 71.0 Å². The van der Waals surface area contributed by atoms with Gasteiger partial charge in [0.25, 0.3) is 5.56 Å². The van der Waals surface area contributed by atoms with Gasteiger partial charge in [-0.2, -0.15) is 0 Å². The normalized spacial score (nSPS) is 28.9. The predicted molar refractivity (Wildman–Crippen MR) is 107 cm³/mol. The molecule has 1 aliphatic heterocycles. The van der Waals surface area contributed by atoms with Gasteiger partial charge in [0.05, 0.1) is 13.2 Å². The van der Waals surface area contributed by atoms with Crippen LogP contribution in [0.25, 0.3) is 0 Å². The SMILES string of the molecule is Cc1cccc(CN(O)[C@@]2(O)[C@H](O)[C@@H](CO)O[C@@]2(O)n2cc(CC(C)F)c(=O)[nH]c2=O)c1. The first kappa shape index (κ1) is 24.2. The van der Waals surface area contributed by atoms with E-state index in [1.807, 2.05) is 4.98 Å².